The van der Waals surface area contributed by atoms with Crippen LogP contribution >= 0.6 is 0 Å². The Balaban J connectivity index is 2.37. The third-order valence-corrected chi connectivity index (χ3v) is 3.00. The Labute approximate surface area is 86.6 Å². The molecule has 0 aliphatic carbocycles. The quantitative estimate of drug-likeness (QED) is 0.711. The van der Waals surface area contributed by atoms with E-state index >= 15 is 0 Å². The van der Waals surface area contributed by atoms with Crippen LogP contribution in [0.1, 0.15) is 33.6 Å². The Morgan fingerprint density at radius 2 is 2.29 bits per heavy atom. The van der Waals surface area contributed by atoms with E-state index in [1.807, 2.05) is 0 Å². The number of hydrogen-bond acceptors (Lipinski definition) is 2. The zero-order valence-electron chi connectivity index (χ0n) is 9.47. The summed E-state index contributed by atoms with van der Waals surface area (Å²) in [5, 5.41) is 6.34. The van der Waals surface area contributed by atoms with Crippen molar-refractivity contribution in [3.05, 3.63) is 0 Å². The van der Waals surface area contributed by atoms with Gasteiger partial charge in [-0.2, -0.15) is 0 Å². The maximum absolute atomic E-state index is 11.8. The van der Waals surface area contributed by atoms with Gasteiger partial charge in [-0.25, -0.2) is 0 Å². The average Bonchev–Trinajstić information content (AvgIpc) is 2.65. The molecule has 1 amide bonds. The zero-order valence-corrected chi connectivity index (χ0v) is 9.47. The van der Waals surface area contributed by atoms with E-state index in [-0.39, 0.29) is 11.8 Å². The van der Waals surface area contributed by atoms with Crippen molar-refractivity contribution in [1.29, 1.82) is 0 Å². The van der Waals surface area contributed by atoms with E-state index in [9.17, 15) is 4.79 Å². The lowest BCUT2D eigenvalue weighted by atomic mass is 10.00. The zero-order chi connectivity index (χ0) is 10.6. The van der Waals surface area contributed by atoms with E-state index in [0.717, 1.165) is 25.9 Å². The largest absolute Gasteiger partial charge is 0.353 e. The van der Waals surface area contributed by atoms with Gasteiger partial charge in [0, 0.05) is 12.6 Å². The molecule has 1 saturated heterocycles. The number of carbonyl (C=O) groups excluding carboxylic acids is 1. The van der Waals surface area contributed by atoms with E-state index in [1.165, 1.54) is 0 Å². The van der Waals surface area contributed by atoms with Gasteiger partial charge < -0.3 is 10.6 Å². The second kappa shape index (κ2) is 5.35. The number of carbonyl (C=O) groups is 1. The predicted octanol–water partition coefficient (Wildman–Crippen LogP) is 1.15. The molecule has 2 unspecified atom stereocenters. The summed E-state index contributed by atoms with van der Waals surface area (Å²) < 4.78 is 0. The van der Waals surface area contributed by atoms with Crippen molar-refractivity contribution in [3.63, 3.8) is 0 Å². The molecule has 0 spiro atoms. The highest BCUT2D eigenvalue weighted by Gasteiger charge is 2.24. The minimum absolute atomic E-state index is 0.197. The maximum atomic E-state index is 11.8. The van der Waals surface area contributed by atoms with Crippen LogP contribution in [0.15, 0.2) is 0 Å². The lowest BCUT2D eigenvalue weighted by molar-refractivity contribution is -0.125. The van der Waals surface area contributed by atoms with Crippen molar-refractivity contribution in [1.82, 2.24) is 10.6 Å². The molecule has 0 bridgehead atoms. The Morgan fingerprint density at radius 3 is 2.71 bits per heavy atom. The maximum Gasteiger partial charge on any atom is 0.224 e. The van der Waals surface area contributed by atoms with Crippen LogP contribution in [0.25, 0.3) is 0 Å². The van der Waals surface area contributed by atoms with Gasteiger partial charge in [0.15, 0.2) is 0 Å². The normalized spacial score (nSPS) is 23.9. The summed E-state index contributed by atoms with van der Waals surface area (Å²) in [6, 6.07) is 0.336. The van der Waals surface area contributed by atoms with Crippen molar-refractivity contribution >= 4 is 5.91 Å². The minimum Gasteiger partial charge on any atom is -0.353 e. The van der Waals surface area contributed by atoms with Gasteiger partial charge in [0.2, 0.25) is 5.91 Å². The first-order chi connectivity index (χ1) is 6.65. The van der Waals surface area contributed by atoms with Crippen LogP contribution in [0.3, 0.4) is 0 Å². The second-order valence-electron chi connectivity index (χ2n) is 4.46. The van der Waals surface area contributed by atoms with E-state index < -0.39 is 0 Å². The van der Waals surface area contributed by atoms with Crippen LogP contribution in [0, 0.1) is 11.8 Å². The van der Waals surface area contributed by atoms with E-state index in [4.69, 9.17) is 0 Å². The first-order valence-corrected chi connectivity index (χ1v) is 5.66. The van der Waals surface area contributed by atoms with Crippen molar-refractivity contribution in [2.24, 2.45) is 11.8 Å². The lowest BCUT2D eigenvalue weighted by Crippen LogP contribution is -2.41. The minimum atomic E-state index is 0.197. The molecule has 3 nitrogen and oxygen atoms in total. The SMILES string of the molecule is CCC(NC(=O)C1CCNC1)C(C)C. The molecule has 1 aliphatic heterocycles. The van der Waals surface area contributed by atoms with Gasteiger partial charge in [0.25, 0.3) is 0 Å². The number of hydrogen-bond donors (Lipinski definition) is 2. The highest BCUT2D eigenvalue weighted by Crippen LogP contribution is 2.11. The fourth-order valence-corrected chi connectivity index (χ4v) is 1.92. The molecule has 1 aliphatic rings. The molecule has 0 aromatic rings. The Kier molecular flexibility index (Phi) is 4.39. The summed E-state index contributed by atoms with van der Waals surface area (Å²) in [4.78, 5) is 11.8. The molecule has 0 aromatic heterocycles. The second-order valence-corrected chi connectivity index (χ2v) is 4.46. The first kappa shape index (κ1) is 11.5. The third-order valence-electron chi connectivity index (χ3n) is 3.00. The molecule has 1 heterocycles. The van der Waals surface area contributed by atoms with Crippen LogP contribution in [-0.4, -0.2) is 25.0 Å². The molecule has 1 rings (SSSR count). The summed E-state index contributed by atoms with van der Waals surface area (Å²) in [5.74, 6) is 0.955. The third kappa shape index (κ3) is 2.98. The lowest BCUT2D eigenvalue weighted by Gasteiger charge is -2.22. The van der Waals surface area contributed by atoms with Crippen molar-refractivity contribution in [2.45, 2.75) is 39.7 Å². The van der Waals surface area contributed by atoms with Gasteiger partial charge in [0.1, 0.15) is 0 Å². The molecule has 82 valence electrons. The number of nitrogens with one attached hydrogen (secondary N) is 2. The standard InChI is InChI=1S/C11H22N2O/c1-4-10(8(2)3)13-11(14)9-5-6-12-7-9/h8-10,12H,4-7H2,1-3H3,(H,13,14). The molecule has 0 radical (unpaired) electrons. The van der Waals surface area contributed by atoms with Gasteiger partial charge in [-0.3, -0.25) is 4.79 Å². The van der Waals surface area contributed by atoms with E-state index in [0.29, 0.717) is 12.0 Å². The van der Waals surface area contributed by atoms with Crippen molar-refractivity contribution < 1.29 is 4.79 Å². The molecule has 0 saturated carbocycles. The summed E-state index contributed by atoms with van der Waals surface area (Å²) in [6.07, 6.45) is 2.00. The predicted molar refractivity (Wildman–Crippen MR) is 58.0 cm³/mol. The topological polar surface area (TPSA) is 41.1 Å². The molecule has 3 heteroatoms. The molecular formula is C11H22N2O. The smallest absolute Gasteiger partial charge is 0.224 e. The Hall–Kier alpha value is -0.570. The van der Waals surface area contributed by atoms with Crippen molar-refractivity contribution in [3.8, 4) is 0 Å². The molecule has 0 aromatic carbocycles. The summed E-state index contributed by atoms with van der Waals surface area (Å²) >= 11 is 0. The van der Waals surface area contributed by atoms with Gasteiger partial charge in [-0.1, -0.05) is 20.8 Å². The molecule has 14 heavy (non-hydrogen) atoms. The summed E-state index contributed by atoms with van der Waals surface area (Å²) in [6.45, 7) is 8.26. The van der Waals surface area contributed by atoms with Crippen LogP contribution in [-0.2, 0) is 4.79 Å². The molecule has 2 atom stereocenters. The van der Waals surface area contributed by atoms with Gasteiger partial charge in [-0.15, -0.1) is 0 Å². The van der Waals surface area contributed by atoms with Crippen LogP contribution in [0.5, 0.6) is 0 Å². The molecule has 1 fully saturated rings. The molecule has 2 N–H and O–H groups in total. The van der Waals surface area contributed by atoms with E-state index in [1.54, 1.807) is 0 Å². The fourth-order valence-electron chi connectivity index (χ4n) is 1.92. The number of amides is 1. The monoisotopic (exact) mass is 198 g/mol. The van der Waals surface area contributed by atoms with Gasteiger partial charge in [0.05, 0.1) is 5.92 Å². The molecular weight excluding hydrogens is 176 g/mol. The fraction of sp³-hybridized carbons (Fsp3) is 0.909. The number of rotatable bonds is 4. The highest BCUT2D eigenvalue weighted by molar-refractivity contribution is 5.79. The first-order valence-electron chi connectivity index (χ1n) is 5.66. The summed E-state index contributed by atoms with van der Waals surface area (Å²) in [5.41, 5.74) is 0. The van der Waals surface area contributed by atoms with Crippen LogP contribution in [0.2, 0.25) is 0 Å². The van der Waals surface area contributed by atoms with Crippen molar-refractivity contribution in [2.75, 3.05) is 13.1 Å². The van der Waals surface area contributed by atoms with Gasteiger partial charge in [-0.05, 0) is 25.3 Å². The van der Waals surface area contributed by atoms with E-state index in [2.05, 4.69) is 31.4 Å². The summed E-state index contributed by atoms with van der Waals surface area (Å²) in [7, 11) is 0. The van der Waals surface area contributed by atoms with Crippen LogP contribution in [0.4, 0.5) is 0 Å². The Bertz CT molecular complexity index is 186. The van der Waals surface area contributed by atoms with Crippen LogP contribution < -0.4 is 10.6 Å². The van der Waals surface area contributed by atoms with Gasteiger partial charge >= 0.3 is 0 Å². The Morgan fingerprint density at radius 1 is 1.57 bits per heavy atom. The average molecular weight is 198 g/mol. The highest BCUT2D eigenvalue weighted by atomic mass is 16.2.